The van der Waals surface area contributed by atoms with Crippen molar-refractivity contribution in [3.8, 4) is 0 Å². The molecule has 0 aliphatic carbocycles. The van der Waals surface area contributed by atoms with Crippen molar-refractivity contribution in [3.63, 3.8) is 0 Å². The molecule has 0 aromatic carbocycles. The molecule has 5 heteroatoms. The molecule has 0 saturated carbocycles. The van der Waals surface area contributed by atoms with Crippen molar-refractivity contribution in [3.05, 3.63) is 17.0 Å². The summed E-state index contributed by atoms with van der Waals surface area (Å²) in [6.45, 7) is 13.2. The van der Waals surface area contributed by atoms with Crippen LogP contribution in [-0.2, 0) is 11.3 Å². The summed E-state index contributed by atoms with van der Waals surface area (Å²) in [5.74, 6) is 0.294. The Morgan fingerprint density at radius 3 is 2.57 bits per heavy atom. The summed E-state index contributed by atoms with van der Waals surface area (Å²) >= 11 is 0. The molecule has 2 rings (SSSR count). The van der Waals surface area contributed by atoms with Gasteiger partial charge in [0.2, 0.25) is 5.91 Å². The van der Waals surface area contributed by atoms with Gasteiger partial charge in [-0.05, 0) is 41.0 Å². The smallest absolute Gasteiger partial charge is 0.222 e. The lowest BCUT2D eigenvalue weighted by molar-refractivity contribution is -0.127. The standard InChI is InChI=1S/C16H28N4O/c1-6-20-14(5)16(13(4)18-20)12(3)17-11(2)10-19-9-7-8-15(19)21/h11-12,17H,6-10H2,1-5H3. The van der Waals surface area contributed by atoms with Gasteiger partial charge in [0, 0.05) is 49.4 Å². The Morgan fingerprint density at radius 1 is 1.33 bits per heavy atom. The van der Waals surface area contributed by atoms with Crippen molar-refractivity contribution in [2.75, 3.05) is 13.1 Å². The fraction of sp³-hybridized carbons (Fsp3) is 0.750. The van der Waals surface area contributed by atoms with Crippen molar-refractivity contribution in [1.82, 2.24) is 20.0 Å². The second-order valence-corrected chi connectivity index (χ2v) is 6.13. The highest BCUT2D eigenvalue weighted by atomic mass is 16.2. The lowest BCUT2D eigenvalue weighted by atomic mass is 10.1. The van der Waals surface area contributed by atoms with Gasteiger partial charge >= 0.3 is 0 Å². The quantitative estimate of drug-likeness (QED) is 0.874. The molecule has 1 N–H and O–H groups in total. The molecule has 1 saturated heterocycles. The summed E-state index contributed by atoms with van der Waals surface area (Å²) in [5.41, 5.74) is 3.62. The van der Waals surface area contributed by atoms with Gasteiger partial charge in [0.1, 0.15) is 0 Å². The van der Waals surface area contributed by atoms with Crippen LogP contribution < -0.4 is 5.32 Å². The molecule has 2 heterocycles. The maximum Gasteiger partial charge on any atom is 0.222 e. The van der Waals surface area contributed by atoms with Crippen LogP contribution in [0.25, 0.3) is 0 Å². The summed E-state index contributed by atoms with van der Waals surface area (Å²) in [6, 6.07) is 0.531. The first-order chi connectivity index (χ1) is 9.93. The van der Waals surface area contributed by atoms with Gasteiger partial charge in [-0.1, -0.05) is 0 Å². The van der Waals surface area contributed by atoms with Crippen molar-refractivity contribution in [2.24, 2.45) is 0 Å². The van der Waals surface area contributed by atoms with E-state index in [0.717, 1.165) is 31.7 Å². The predicted molar refractivity (Wildman–Crippen MR) is 84.2 cm³/mol. The SMILES string of the molecule is CCn1nc(C)c(C(C)NC(C)CN2CCCC2=O)c1C. The summed E-state index contributed by atoms with van der Waals surface area (Å²) in [4.78, 5) is 13.7. The third-order valence-electron chi connectivity index (χ3n) is 4.37. The largest absolute Gasteiger partial charge is 0.341 e. The van der Waals surface area contributed by atoms with Crippen molar-refractivity contribution in [2.45, 2.75) is 66.1 Å². The molecule has 0 bridgehead atoms. The van der Waals surface area contributed by atoms with E-state index in [9.17, 15) is 4.79 Å². The molecule has 1 aromatic rings. The topological polar surface area (TPSA) is 50.2 Å². The second kappa shape index (κ2) is 6.60. The summed E-state index contributed by atoms with van der Waals surface area (Å²) < 4.78 is 2.05. The van der Waals surface area contributed by atoms with Crippen LogP contribution in [0.5, 0.6) is 0 Å². The van der Waals surface area contributed by atoms with Gasteiger partial charge in [-0.3, -0.25) is 9.48 Å². The highest BCUT2D eigenvalue weighted by molar-refractivity contribution is 5.78. The van der Waals surface area contributed by atoms with Crippen LogP contribution in [0.1, 0.15) is 56.6 Å². The molecule has 0 radical (unpaired) electrons. The number of likely N-dealkylation sites (tertiary alicyclic amines) is 1. The number of amides is 1. The Kier molecular flexibility index (Phi) is 5.04. The molecular weight excluding hydrogens is 264 g/mol. The molecule has 0 spiro atoms. The van der Waals surface area contributed by atoms with Crippen molar-refractivity contribution < 1.29 is 4.79 Å². The Morgan fingerprint density at radius 2 is 2.05 bits per heavy atom. The number of hydrogen-bond acceptors (Lipinski definition) is 3. The van der Waals surface area contributed by atoms with E-state index >= 15 is 0 Å². The maximum absolute atomic E-state index is 11.7. The molecule has 1 amide bonds. The van der Waals surface area contributed by atoms with Crippen LogP contribution >= 0.6 is 0 Å². The molecule has 21 heavy (non-hydrogen) atoms. The Bertz CT molecular complexity index is 509. The molecule has 118 valence electrons. The van der Waals surface area contributed by atoms with E-state index in [1.807, 2.05) is 4.90 Å². The van der Waals surface area contributed by atoms with E-state index in [1.54, 1.807) is 0 Å². The lowest BCUT2D eigenvalue weighted by Gasteiger charge is -2.25. The van der Waals surface area contributed by atoms with Crippen molar-refractivity contribution in [1.29, 1.82) is 0 Å². The first-order valence-corrected chi connectivity index (χ1v) is 8.01. The van der Waals surface area contributed by atoms with Crippen LogP contribution in [0.3, 0.4) is 0 Å². The average Bonchev–Trinajstić information content (AvgIpc) is 2.93. The molecule has 1 aliphatic rings. The van der Waals surface area contributed by atoms with Gasteiger partial charge < -0.3 is 10.2 Å². The minimum atomic E-state index is 0.248. The van der Waals surface area contributed by atoms with Crippen LogP contribution in [0.15, 0.2) is 0 Å². The van der Waals surface area contributed by atoms with E-state index in [-0.39, 0.29) is 12.1 Å². The number of rotatable bonds is 6. The summed E-state index contributed by atoms with van der Waals surface area (Å²) in [7, 11) is 0. The normalized spacial score (nSPS) is 18.3. The van der Waals surface area contributed by atoms with Gasteiger partial charge in [-0.2, -0.15) is 5.10 Å². The number of nitrogens with one attached hydrogen (secondary N) is 1. The number of aromatic nitrogens is 2. The van der Waals surface area contributed by atoms with Gasteiger partial charge in [0.25, 0.3) is 0 Å². The molecule has 1 aromatic heterocycles. The highest BCUT2D eigenvalue weighted by Gasteiger charge is 2.23. The van der Waals surface area contributed by atoms with Gasteiger partial charge in [0.05, 0.1) is 5.69 Å². The van der Waals surface area contributed by atoms with Crippen LogP contribution in [-0.4, -0.2) is 39.7 Å². The fourth-order valence-corrected chi connectivity index (χ4v) is 3.44. The van der Waals surface area contributed by atoms with E-state index < -0.39 is 0 Å². The zero-order valence-electron chi connectivity index (χ0n) is 13.9. The number of hydrogen-bond donors (Lipinski definition) is 1. The van der Waals surface area contributed by atoms with E-state index in [2.05, 4.69) is 49.7 Å². The zero-order valence-corrected chi connectivity index (χ0v) is 13.9. The summed E-state index contributed by atoms with van der Waals surface area (Å²) in [6.07, 6.45) is 1.71. The van der Waals surface area contributed by atoms with E-state index in [0.29, 0.717) is 12.3 Å². The Labute approximate surface area is 127 Å². The number of aryl methyl sites for hydroxylation is 2. The van der Waals surface area contributed by atoms with Gasteiger partial charge in [0.15, 0.2) is 0 Å². The Hall–Kier alpha value is -1.36. The van der Waals surface area contributed by atoms with Crippen LogP contribution in [0.2, 0.25) is 0 Å². The molecule has 1 fully saturated rings. The average molecular weight is 292 g/mol. The number of carbonyl (C=O) groups excluding carboxylic acids is 1. The van der Waals surface area contributed by atoms with E-state index in [1.165, 1.54) is 11.3 Å². The monoisotopic (exact) mass is 292 g/mol. The summed E-state index contributed by atoms with van der Waals surface area (Å²) in [5, 5.41) is 8.20. The molecule has 5 nitrogen and oxygen atoms in total. The molecule has 2 unspecified atom stereocenters. The number of carbonyl (C=O) groups is 1. The van der Waals surface area contributed by atoms with E-state index in [4.69, 9.17) is 0 Å². The first kappa shape index (κ1) is 16.0. The minimum absolute atomic E-state index is 0.248. The van der Waals surface area contributed by atoms with Crippen LogP contribution in [0.4, 0.5) is 0 Å². The molecule has 2 atom stereocenters. The van der Waals surface area contributed by atoms with Gasteiger partial charge in [-0.15, -0.1) is 0 Å². The third kappa shape index (κ3) is 3.46. The highest BCUT2D eigenvalue weighted by Crippen LogP contribution is 2.22. The second-order valence-electron chi connectivity index (χ2n) is 6.13. The zero-order chi connectivity index (χ0) is 15.6. The first-order valence-electron chi connectivity index (χ1n) is 8.01. The Balaban J connectivity index is 1.99. The molecule has 1 aliphatic heterocycles. The maximum atomic E-state index is 11.7. The predicted octanol–water partition coefficient (Wildman–Crippen LogP) is 2.18. The fourth-order valence-electron chi connectivity index (χ4n) is 3.44. The minimum Gasteiger partial charge on any atom is -0.341 e. The van der Waals surface area contributed by atoms with Gasteiger partial charge in [-0.25, -0.2) is 0 Å². The third-order valence-corrected chi connectivity index (χ3v) is 4.37. The van der Waals surface area contributed by atoms with Crippen LogP contribution in [0, 0.1) is 13.8 Å². The van der Waals surface area contributed by atoms with Crippen molar-refractivity contribution >= 4 is 5.91 Å². The molecular formula is C16H28N4O. The lowest BCUT2D eigenvalue weighted by Crippen LogP contribution is -2.40. The number of nitrogens with zero attached hydrogens (tertiary/aromatic N) is 3.